The highest BCUT2D eigenvalue weighted by Gasteiger charge is 2.07. The predicted octanol–water partition coefficient (Wildman–Crippen LogP) is -0.262. The second-order valence-corrected chi connectivity index (χ2v) is 3.42. The minimum Gasteiger partial charge on any atom is -0.384 e. The van der Waals surface area contributed by atoms with Crippen LogP contribution in [0.3, 0.4) is 0 Å². The third kappa shape index (κ3) is 3.62. The van der Waals surface area contributed by atoms with Crippen molar-refractivity contribution < 1.29 is 14.4 Å². The van der Waals surface area contributed by atoms with Crippen molar-refractivity contribution in [3.8, 4) is 11.8 Å². The molecule has 0 radical (unpaired) electrons. The van der Waals surface area contributed by atoms with Gasteiger partial charge in [0.25, 0.3) is 5.91 Å². The third-order valence-electron chi connectivity index (χ3n) is 2.12. The van der Waals surface area contributed by atoms with Crippen molar-refractivity contribution in [1.29, 1.82) is 0 Å². The molecule has 2 N–H and O–H groups in total. The number of nitrogens with zero attached hydrogens (tertiary/aromatic N) is 3. The van der Waals surface area contributed by atoms with Gasteiger partial charge in [0.1, 0.15) is 12.3 Å². The summed E-state index contributed by atoms with van der Waals surface area (Å²) in [6, 6.07) is 3.20. The number of amides is 1. The lowest BCUT2D eigenvalue weighted by Gasteiger charge is -2.01. The van der Waals surface area contributed by atoms with Crippen LogP contribution in [0.4, 0.5) is 0 Å². The van der Waals surface area contributed by atoms with Crippen LogP contribution >= 0.6 is 0 Å². The van der Waals surface area contributed by atoms with E-state index in [0.29, 0.717) is 11.4 Å². The summed E-state index contributed by atoms with van der Waals surface area (Å²) in [6.07, 6.45) is 2.65. The van der Waals surface area contributed by atoms with E-state index in [1.54, 1.807) is 12.1 Å². The Hall–Kier alpha value is -2.72. The van der Waals surface area contributed by atoms with Crippen LogP contribution in [-0.2, 0) is 6.54 Å². The van der Waals surface area contributed by atoms with Gasteiger partial charge in [-0.2, -0.15) is 4.98 Å². The molecule has 0 aliphatic carbocycles. The van der Waals surface area contributed by atoms with E-state index in [0.717, 1.165) is 0 Å². The second kappa shape index (κ2) is 6.28. The zero-order valence-electron chi connectivity index (χ0n) is 9.83. The molecule has 1 amide bonds. The van der Waals surface area contributed by atoms with Crippen molar-refractivity contribution in [3.63, 3.8) is 0 Å². The average Bonchev–Trinajstić information content (AvgIpc) is 2.96. The highest BCUT2D eigenvalue weighted by Crippen LogP contribution is 1.99. The number of aromatic nitrogens is 3. The molecule has 2 aromatic heterocycles. The van der Waals surface area contributed by atoms with E-state index in [9.17, 15) is 4.79 Å². The van der Waals surface area contributed by atoms with Gasteiger partial charge in [-0.1, -0.05) is 17.0 Å². The third-order valence-corrected chi connectivity index (χ3v) is 2.12. The highest BCUT2D eigenvalue weighted by atomic mass is 16.5. The fourth-order valence-corrected chi connectivity index (χ4v) is 1.26. The minimum atomic E-state index is -0.341. The molecule has 0 aromatic carbocycles. The summed E-state index contributed by atoms with van der Waals surface area (Å²) < 4.78 is 4.54. The molecular formula is C12H10N4O3. The lowest BCUT2D eigenvalue weighted by atomic mass is 10.2. The van der Waals surface area contributed by atoms with Crippen molar-refractivity contribution in [1.82, 2.24) is 20.4 Å². The Balaban J connectivity index is 1.95. The number of hydrogen-bond donors (Lipinski definition) is 2. The van der Waals surface area contributed by atoms with Crippen molar-refractivity contribution in [3.05, 3.63) is 41.8 Å². The van der Waals surface area contributed by atoms with E-state index in [4.69, 9.17) is 5.11 Å². The molecule has 96 valence electrons. The van der Waals surface area contributed by atoms with Gasteiger partial charge in [-0.15, -0.1) is 0 Å². The first-order valence-electron chi connectivity index (χ1n) is 5.39. The van der Waals surface area contributed by atoms with Crippen LogP contribution in [0.2, 0.25) is 0 Å². The summed E-state index contributed by atoms with van der Waals surface area (Å²) in [5.74, 6) is 5.23. The number of carbonyl (C=O) groups is 1. The first-order valence-corrected chi connectivity index (χ1v) is 5.39. The maximum atomic E-state index is 11.7. The zero-order valence-corrected chi connectivity index (χ0v) is 9.83. The van der Waals surface area contributed by atoms with Crippen LogP contribution in [0, 0.1) is 11.8 Å². The molecule has 0 fully saturated rings. The van der Waals surface area contributed by atoms with Gasteiger partial charge in [-0.05, 0) is 12.1 Å². The van der Waals surface area contributed by atoms with Crippen molar-refractivity contribution in [2.75, 3.05) is 6.61 Å². The van der Waals surface area contributed by atoms with Crippen molar-refractivity contribution in [2.45, 2.75) is 6.54 Å². The molecule has 7 heteroatoms. The van der Waals surface area contributed by atoms with Crippen LogP contribution in [0.25, 0.3) is 0 Å². The highest BCUT2D eigenvalue weighted by molar-refractivity contribution is 5.92. The fourth-order valence-electron chi connectivity index (χ4n) is 1.26. The van der Waals surface area contributed by atoms with E-state index in [-0.39, 0.29) is 24.8 Å². The molecule has 2 rings (SSSR count). The van der Waals surface area contributed by atoms with Gasteiger partial charge in [0.15, 0.2) is 5.82 Å². The zero-order chi connectivity index (χ0) is 13.5. The molecule has 0 atom stereocenters. The number of hydrogen-bond acceptors (Lipinski definition) is 6. The number of pyridine rings is 1. The second-order valence-electron chi connectivity index (χ2n) is 3.42. The number of rotatable bonds is 3. The molecule has 0 unspecified atom stereocenters. The number of aliphatic hydroxyl groups is 1. The van der Waals surface area contributed by atoms with Gasteiger partial charge < -0.3 is 14.9 Å². The van der Waals surface area contributed by atoms with Crippen LogP contribution in [0.5, 0.6) is 0 Å². The average molecular weight is 258 g/mol. The fraction of sp³-hybridized carbons (Fsp3) is 0.167. The van der Waals surface area contributed by atoms with Gasteiger partial charge in [-0.3, -0.25) is 4.79 Å². The Kier molecular flexibility index (Phi) is 4.21. The molecular weight excluding hydrogens is 248 g/mol. The van der Waals surface area contributed by atoms with E-state index >= 15 is 0 Å². The Morgan fingerprint density at radius 1 is 1.42 bits per heavy atom. The number of aliphatic hydroxyl groups excluding tert-OH is 1. The first-order chi connectivity index (χ1) is 9.29. The largest absolute Gasteiger partial charge is 0.384 e. The molecule has 0 aliphatic rings. The lowest BCUT2D eigenvalue weighted by Crippen LogP contribution is -2.24. The molecule has 19 heavy (non-hydrogen) atoms. The van der Waals surface area contributed by atoms with Gasteiger partial charge in [-0.25, -0.2) is 4.98 Å². The molecule has 2 heterocycles. The maximum Gasteiger partial charge on any atom is 0.270 e. The number of nitrogens with one attached hydrogen (secondary N) is 1. The molecule has 7 nitrogen and oxygen atoms in total. The summed E-state index contributed by atoms with van der Waals surface area (Å²) >= 11 is 0. The Morgan fingerprint density at radius 2 is 2.32 bits per heavy atom. The summed E-state index contributed by atoms with van der Waals surface area (Å²) in [6.45, 7) is -0.0456. The van der Waals surface area contributed by atoms with Crippen LogP contribution in [-0.4, -0.2) is 32.7 Å². The Morgan fingerprint density at radius 3 is 2.95 bits per heavy atom. The summed E-state index contributed by atoms with van der Waals surface area (Å²) in [5, 5.41) is 14.7. The summed E-state index contributed by atoms with van der Waals surface area (Å²) in [5.41, 5.74) is 0.891. The number of carbonyl (C=O) groups excluding carboxylic acids is 1. The van der Waals surface area contributed by atoms with Gasteiger partial charge >= 0.3 is 0 Å². The molecule has 0 saturated heterocycles. The molecule has 2 aromatic rings. The Bertz CT molecular complexity index is 596. The minimum absolute atomic E-state index is 0.170. The van der Waals surface area contributed by atoms with E-state index in [1.165, 1.54) is 12.6 Å². The first kappa shape index (κ1) is 12.7. The van der Waals surface area contributed by atoms with Crippen LogP contribution in [0.15, 0.2) is 29.2 Å². The smallest absolute Gasteiger partial charge is 0.270 e. The van der Waals surface area contributed by atoms with Gasteiger partial charge in [0.05, 0.1) is 6.54 Å². The SMILES string of the molecule is O=C(NCc1ncon1)c1ccc(C#CCO)cn1. The Labute approximate surface area is 108 Å². The van der Waals surface area contributed by atoms with Gasteiger partial charge in [0.2, 0.25) is 6.39 Å². The van der Waals surface area contributed by atoms with Crippen molar-refractivity contribution in [2.24, 2.45) is 0 Å². The quantitative estimate of drug-likeness (QED) is 0.735. The molecule has 0 aliphatic heterocycles. The van der Waals surface area contributed by atoms with Crippen molar-refractivity contribution >= 4 is 5.91 Å². The normalized spacial score (nSPS) is 9.53. The predicted molar refractivity (Wildman–Crippen MR) is 63.7 cm³/mol. The van der Waals surface area contributed by atoms with Crippen LogP contribution < -0.4 is 5.32 Å². The standard InChI is InChI=1S/C12H10N4O3/c17-5-1-2-9-3-4-10(13-6-9)12(18)14-7-11-15-8-19-16-11/h3-4,6,8,17H,5,7H2,(H,14,18). The van der Waals surface area contributed by atoms with Gasteiger partial charge in [0, 0.05) is 11.8 Å². The van der Waals surface area contributed by atoms with E-state index < -0.39 is 0 Å². The van der Waals surface area contributed by atoms with E-state index in [2.05, 4.69) is 36.8 Å². The van der Waals surface area contributed by atoms with Crippen LogP contribution in [0.1, 0.15) is 21.9 Å². The molecule has 0 bridgehead atoms. The monoisotopic (exact) mass is 258 g/mol. The topological polar surface area (TPSA) is 101 Å². The lowest BCUT2D eigenvalue weighted by molar-refractivity contribution is 0.0944. The van der Waals surface area contributed by atoms with E-state index in [1.807, 2.05) is 0 Å². The molecule has 0 spiro atoms. The summed E-state index contributed by atoms with van der Waals surface area (Å²) in [7, 11) is 0. The maximum absolute atomic E-state index is 11.7. The molecule has 0 saturated carbocycles. The summed E-state index contributed by atoms with van der Waals surface area (Å²) in [4.78, 5) is 19.5.